The Bertz CT molecular complexity index is 971. The second-order valence-corrected chi connectivity index (χ2v) is 7.60. The van der Waals surface area contributed by atoms with Gasteiger partial charge in [-0.2, -0.15) is 26.3 Å². The SMILES string of the molecule is O=C1c2cc(-c3ccc(C(F)(F)F)cc3)ccc2OC[C@H]2CN(CC(F)(F)F)CCN12. The van der Waals surface area contributed by atoms with Crippen molar-refractivity contribution < 1.29 is 35.9 Å². The first-order chi connectivity index (χ1) is 14.5. The second kappa shape index (κ2) is 7.74. The van der Waals surface area contributed by atoms with Crippen molar-refractivity contribution in [2.45, 2.75) is 18.4 Å². The Morgan fingerprint density at radius 2 is 1.61 bits per heavy atom. The monoisotopic (exact) mass is 444 g/mol. The maximum Gasteiger partial charge on any atom is 0.416 e. The number of carbonyl (C=O) groups excluding carboxylic acids is 1. The van der Waals surface area contributed by atoms with E-state index in [2.05, 4.69) is 0 Å². The van der Waals surface area contributed by atoms with Crippen LogP contribution in [0.15, 0.2) is 42.5 Å². The van der Waals surface area contributed by atoms with E-state index >= 15 is 0 Å². The number of hydrogen-bond acceptors (Lipinski definition) is 3. The fourth-order valence-electron chi connectivity index (χ4n) is 3.92. The number of halogens is 6. The zero-order chi connectivity index (χ0) is 22.4. The number of rotatable bonds is 2. The van der Waals surface area contributed by atoms with Gasteiger partial charge >= 0.3 is 12.4 Å². The van der Waals surface area contributed by atoms with E-state index in [1.165, 1.54) is 21.9 Å². The zero-order valence-corrected chi connectivity index (χ0v) is 16.1. The molecule has 31 heavy (non-hydrogen) atoms. The van der Waals surface area contributed by atoms with Gasteiger partial charge in [0, 0.05) is 19.6 Å². The van der Waals surface area contributed by atoms with Gasteiger partial charge in [0.2, 0.25) is 0 Å². The molecule has 4 nitrogen and oxygen atoms in total. The van der Waals surface area contributed by atoms with Crippen molar-refractivity contribution in [3.05, 3.63) is 53.6 Å². The van der Waals surface area contributed by atoms with E-state index in [1.807, 2.05) is 0 Å². The van der Waals surface area contributed by atoms with Crippen LogP contribution in [0, 0.1) is 0 Å². The summed E-state index contributed by atoms with van der Waals surface area (Å²) in [6.45, 7) is -0.711. The molecule has 2 aliphatic rings. The molecule has 2 aromatic rings. The molecule has 0 bridgehead atoms. The topological polar surface area (TPSA) is 32.8 Å². The fourth-order valence-corrected chi connectivity index (χ4v) is 3.92. The molecule has 2 aliphatic heterocycles. The van der Waals surface area contributed by atoms with Crippen molar-refractivity contribution in [3.8, 4) is 16.9 Å². The van der Waals surface area contributed by atoms with E-state index in [4.69, 9.17) is 4.74 Å². The third-order valence-corrected chi connectivity index (χ3v) is 5.42. The van der Waals surface area contributed by atoms with E-state index in [1.54, 1.807) is 18.2 Å². The molecular weight excluding hydrogens is 426 g/mol. The Labute approximate surface area is 174 Å². The molecule has 0 N–H and O–H groups in total. The van der Waals surface area contributed by atoms with Crippen LogP contribution in [0.25, 0.3) is 11.1 Å². The van der Waals surface area contributed by atoms with Gasteiger partial charge in [0.15, 0.2) is 0 Å². The lowest BCUT2D eigenvalue weighted by molar-refractivity contribution is -0.151. The molecule has 0 aliphatic carbocycles. The molecule has 10 heteroatoms. The largest absolute Gasteiger partial charge is 0.491 e. The normalized spacial score (nSPS) is 20.0. The quantitative estimate of drug-likeness (QED) is 0.642. The lowest BCUT2D eigenvalue weighted by Gasteiger charge is -2.40. The van der Waals surface area contributed by atoms with Crippen LogP contribution in [-0.2, 0) is 6.18 Å². The lowest BCUT2D eigenvalue weighted by Crippen LogP contribution is -2.57. The Morgan fingerprint density at radius 1 is 0.935 bits per heavy atom. The minimum absolute atomic E-state index is 0.0466. The van der Waals surface area contributed by atoms with E-state index in [-0.39, 0.29) is 37.7 Å². The first-order valence-corrected chi connectivity index (χ1v) is 9.56. The van der Waals surface area contributed by atoms with Gasteiger partial charge in [0.1, 0.15) is 12.4 Å². The molecule has 0 aromatic heterocycles. The third-order valence-electron chi connectivity index (χ3n) is 5.42. The maximum atomic E-state index is 13.1. The van der Waals surface area contributed by atoms with Crippen LogP contribution in [0.4, 0.5) is 26.3 Å². The molecule has 0 radical (unpaired) electrons. The summed E-state index contributed by atoms with van der Waals surface area (Å²) in [6, 6.07) is 8.80. The standard InChI is InChI=1S/C21H18F6N2O2/c22-20(23,24)12-28-7-8-29-16(10-28)11-31-18-6-3-14(9-17(18)19(29)30)13-1-4-15(5-2-13)21(25,26)27/h1-6,9,16H,7-8,10-12H2/t16-/m1/s1. The van der Waals surface area contributed by atoms with E-state index in [9.17, 15) is 31.1 Å². The average molecular weight is 444 g/mol. The molecule has 0 spiro atoms. The number of piperazine rings is 1. The van der Waals surface area contributed by atoms with E-state index < -0.39 is 30.5 Å². The van der Waals surface area contributed by atoms with Crippen molar-refractivity contribution in [1.82, 2.24) is 9.80 Å². The minimum atomic E-state index is -4.45. The van der Waals surface area contributed by atoms with Gasteiger partial charge in [-0.15, -0.1) is 0 Å². The average Bonchev–Trinajstić information content (AvgIpc) is 2.83. The van der Waals surface area contributed by atoms with Crippen molar-refractivity contribution in [2.24, 2.45) is 0 Å². The predicted molar refractivity (Wildman–Crippen MR) is 99.7 cm³/mol. The van der Waals surface area contributed by atoms with Crippen LogP contribution in [0.5, 0.6) is 5.75 Å². The molecule has 1 amide bonds. The van der Waals surface area contributed by atoms with Crippen molar-refractivity contribution in [1.29, 1.82) is 0 Å². The minimum Gasteiger partial charge on any atom is -0.491 e. The fraction of sp³-hybridized carbons (Fsp3) is 0.381. The zero-order valence-electron chi connectivity index (χ0n) is 16.1. The highest BCUT2D eigenvalue weighted by Crippen LogP contribution is 2.34. The Hall–Kier alpha value is -2.75. The lowest BCUT2D eigenvalue weighted by atomic mass is 10.00. The van der Waals surface area contributed by atoms with Gasteiger partial charge in [0.05, 0.1) is 23.7 Å². The number of ether oxygens (including phenoxy) is 1. The first-order valence-electron chi connectivity index (χ1n) is 9.56. The molecule has 2 aromatic carbocycles. The van der Waals surface area contributed by atoms with Crippen molar-refractivity contribution in [2.75, 3.05) is 32.8 Å². The Morgan fingerprint density at radius 3 is 2.26 bits per heavy atom. The first kappa shape index (κ1) is 21.5. The molecule has 1 atom stereocenters. The number of carbonyl (C=O) groups is 1. The number of nitrogens with zero attached hydrogens (tertiary/aromatic N) is 2. The second-order valence-electron chi connectivity index (χ2n) is 7.60. The number of alkyl halides is 6. The van der Waals surface area contributed by atoms with Gasteiger partial charge in [-0.05, 0) is 35.4 Å². The summed E-state index contributed by atoms with van der Waals surface area (Å²) >= 11 is 0. The Kier molecular flexibility index (Phi) is 5.36. The van der Waals surface area contributed by atoms with Crippen LogP contribution in [0.1, 0.15) is 15.9 Å². The van der Waals surface area contributed by atoms with Crippen LogP contribution < -0.4 is 4.74 Å². The van der Waals surface area contributed by atoms with Crippen LogP contribution in [-0.4, -0.2) is 60.7 Å². The summed E-state index contributed by atoms with van der Waals surface area (Å²) < 4.78 is 82.2. The number of amides is 1. The van der Waals surface area contributed by atoms with Gasteiger partial charge in [-0.25, -0.2) is 0 Å². The van der Waals surface area contributed by atoms with E-state index in [0.29, 0.717) is 16.9 Å². The summed E-state index contributed by atoms with van der Waals surface area (Å²) in [7, 11) is 0. The summed E-state index contributed by atoms with van der Waals surface area (Å²) in [4.78, 5) is 15.8. The highest BCUT2D eigenvalue weighted by Gasteiger charge is 2.39. The molecule has 0 unspecified atom stereocenters. The molecule has 1 saturated heterocycles. The summed E-state index contributed by atoms with van der Waals surface area (Å²) in [5, 5.41) is 0. The number of hydrogen-bond donors (Lipinski definition) is 0. The Balaban J connectivity index is 1.57. The third kappa shape index (κ3) is 4.63. The van der Waals surface area contributed by atoms with Crippen LogP contribution in [0.2, 0.25) is 0 Å². The maximum absolute atomic E-state index is 13.1. The van der Waals surface area contributed by atoms with Crippen molar-refractivity contribution in [3.63, 3.8) is 0 Å². The van der Waals surface area contributed by atoms with Gasteiger partial charge in [-0.1, -0.05) is 18.2 Å². The number of fused-ring (bicyclic) bond motifs is 2. The highest BCUT2D eigenvalue weighted by molar-refractivity contribution is 5.99. The van der Waals surface area contributed by atoms with E-state index in [0.717, 1.165) is 12.1 Å². The molecule has 166 valence electrons. The molecular formula is C21H18F6N2O2. The molecule has 4 rings (SSSR count). The molecule has 0 saturated carbocycles. The van der Waals surface area contributed by atoms with Crippen LogP contribution in [0.3, 0.4) is 0 Å². The number of benzene rings is 2. The highest BCUT2D eigenvalue weighted by atomic mass is 19.4. The van der Waals surface area contributed by atoms with Gasteiger partial charge < -0.3 is 9.64 Å². The molecule has 2 heterocycles. The summed E-state index contributed by atoms with van der Waals surface area (Å²) in [5.41, 5.74) is 0.507. The predicted octanol–water partition coefficient (Wildman–Crippen LogP) is 4.45. The summed E-state index contributed by atoms with van der Waals surface area (Å²) in [5.74, 6) is -0.0599. The molecule has 1 fully saturated rings. The van der Waals surface area contributed by atoms with Crippen LogP contribution >= 0.6 is 0 Å². The summed E-state index contributed by atoms with van der Waals surface area (Å²) in [6.07, 6.45) is -8.77. The van der Waals surface area contributed by atoms with Gasteiger partial charge in [-0.3, -0.25) is 9.69 Å². The van der Waals surface area contributed by atoms with Crippen molar-refractivity contribution >= 4 is 5.91 Å². The van der Waals surface area contributed by atoms with Gasteiger partial charge in [0.25, 0.3) is 5.91 Å². The smallest absolute Gasteiger partial charge is 0.416 e.